The fourth-order valence-electron chi connectivity index (χ4n) is 1.97. The molecular weight excluding hydrogens is 268 g/mol. The zero-order valence-corrected chi connectivity index (χ0v) is 11.8. The molecule has 0 atom stereocenters. The molecule has 0 fully saturated rings. The molecule has 1 aromatic heterocycles. The van der Waals surface area contributed by atoms with Gasteiger partial charge in [-0.15, -0.1) is 0 Å². The molecule has 110 valence electrons. The molecule has 6 nitrogen and oxygen atoms in total. The Morgan fingerprint density at radius 1 is 1.29 bits per heavy atom. The average Bonchev–Trinajstić information content (AvgIpc) is 2.54. The van der Waals surface area contributed by atoms with Crippen LogP contribution in [0.1, 0.15) is 15.9 Å². The molecule has 0 aliphatic rings. The van der Waals surface area contributed by atoms with Gasteiger partial charge in [-0.3, -0.25) is 15.6 Å². The van der Waals surface area contributed by atoms with E-state index in [-0.39, 0.29) is 5.91 Å². The fraction of sp³-hybridized carbons (Fsp3) is 0.200. The second-order valence-corrected chi connectivity index (χ2v) is 4.42. The van der Waals surface area contributed by atoms with Crippen LogP contribution in [0.5, 0.6) is 0 Å². The Morgan fingerprint density at radius 2 is 2.10 bits per heavy atom. The average molecular weight is 286 g/mol. The summed E-state index contributed by atoms with van der Waals surface area (Å²) >= 11 is 0. The Morgan fingerprint density at radius 3 is 2.86 bits per heavy atom. The van der Waals surface area contributed by atoms with Crippen LogP contribution < -0.4 is 16.6 Å². The van der Waals surface area contributed by atoms with Gasteiger partial charge in [-0.2, -0.15) is 0 Å². The molecule has 0 unspecified atom stereocenters. The minimum Gasteiger partial charge on any atom is -0.384 e. The first kappa shape index (κ1) is 15.0. The van der Waals surface area contributed by atoms with E-state index >= 15 is 0 Å². The maximum Gasteiger partial charge on any atom is 0.257 e. The minimum atomic E-state index is -0.241. The number of hydrogen-bond acceptors (Lipinski definition) is 5. The molecule has 1 amide bonds. The number of amides is 1. The van der Waals surface area contributed by atoms with E-state index in [9.17, 15) is 4.79 Å². The lowest BCUT2D eigenvalue weighted by molar-refractivity contribution is 0.102. The molecule has 0 saturated heterocycles. The van der Waals surface area contributed by atoms with E-state index in [0.717, 1.165) is 17.7 Å². The molecular formula is C15H18N4O2. The van der Waals surface area contributed by atoms with Crippen LogP contribution in [0.3, 0.4) is 0 Å². The molecule has 0 spiro atoms. The summed E-state index contributed by atoms with van der Waals surface area (Å²) < 4.78 is 5.08. The summed E-state index contributed by atoms with van der Waals surface area (Å²) in [5.41, 5.74) is 5.16. The van der Waals surface area contributed by atoms with Crippen molar-refractivity contribution in [2.45, 2.75) is 6.42 Å². The SMILES string of the molecule is COCCc1ccccc1NC(=O)c1ccncc1NN. The van der Waals surface area contributed by atoms with Gasteiger partial charge in [0.2, 0.25) is 0 Å². The first-order valence-corrected chi connectivity index (χ1v) is 6.55. The van der Waals surface area contributed by atoms with Crippen LogP contribution in [0.25, 0.3) is 0 Å². The highest BCUT2D eigenvalue weighted by molar-refractivity contribution is 6.08. The molecule has 0 saturated carbocycles. The van der Waals surface area contributed by atoms with Gasteiger partial charge in [0.1, 0.15) is 0 Å². The number of benzene rings is 1. The number of methoxy groups -OCH3 is 1. The number of hydrogen-bond donors (Lipinski definition) is 3. The lowest BCUT2D eigenvalue weighted by Crippen LogP contribution is -2.18. The van der Waals surface area contributed by atoms with Crippen molar-refractivity contribution in [3.8, 4) is 0 Å². The number of carbonyl (C=O) groups is 1. The van der Waals surface area contributed by atoms with Crippen LogP contribution in [0, 0.1) is 0 Å². The number of carbonyl (C=O) groups excluding carboxylic acids is 1. The first-order valence-electron chi connectivity index (χ1n) is 6.55. The summed E-state index contributed by atoms with van der Waals surface area (Å²) in [4.78, 5) is 16.3. The Labute approximate surface area is 123 Å². The monoisotopic (exact) mass is 286 g/mol. The normalized spacial score (nSPS) is 10.2. The molecule has 1 heterocycles. The molecule has 4 N–H and O–H groups in total. The number of ether oxygens (including phenoxy) is 1. The lowest BCUT2D eigenvalue weighted by atomic mass is 10.1. The summed E-state index contributed by atoms with van der Waals surface area (Å²) in [6.07, 6.45) is 3.78. The van der Waals surface area contributed by atoms with Gasteiger partial charge < -0.3 is 15.5 Å². The van der Waals surface area contributed by atoms with Gasteiger partial charge in [-0.05, 0) is 24.1 Å². The molecule has 6 heteroatoms. The summed E-state index contributed by atoms with van der Waals surface area (Å²) in [5.74, 6) is 5.15. The number of anilines is 2. The van der Waals surface area contributed by atoms with E-state index < -0.39 is 0 Å². The Balaban J connectivity index is 2.19. The molecule has 1 aromatic carbocycles. The Bertz CT molecular complexity index is 616. The van der Waals surface area contributed by atoms with Gasteiger partial charge in [0, 0.05) is 19.0 Å². The smallest absolute Gasteiger partial charge is 0.257 e. The third-order valence-electron chi connectivity index (χ3n) is 3.06. The molecule has 0 aliphatic carbocycles. The van der Waals surface area contributed by atoms with Crippen molar-refractivity contribution in [3.63, 3.8) is 0 Å². The predicted molar refractivity (Wildman–Crippen MR) is 82.0 cm³/mol. The van der Waals surface area contributed by atoms with E-state index in [1.807, 2.05) is 24.3 Å². The van der Waals surface area contributed by atoms with Crippen LogP contribution in [0.4, 0.5) is 11.4 Å². The van der Waals surface area contributed by atoms with Gasteiger partial charge in [0.25, 0.3) is 5.91 Å². The number of para-hydroxylation sites is 1. The highest BCUT2D eigenvalue weighted by atomic mass is 16.5. The fourth-order valence-corrected chi connectivity index (χ4v) is 1.97. The van der Waals surface area contributed by atoms with Crippen molar-refractivity contribution in [1.82, 2.24) is 4.98 Å². The van der Waals surface area contributed by atoms with Crippen LogP contribution >= 0.6 is 0 Å². The number of hydrazine groups is 1. The molecule has 2 rings (SSSR count). The van der Waals surface area contributed by atoms with Crippen molar-refractivity contribution in [2.24, 2.45) is 5.84 Å². The molecule has 0 aliphatic heterocycles. The number of nitrogens with zero attached hydrogens (tertiary/aromatic N) is 1. The van der Waals surface area contributed by atoms with Gasteiger partial charge in [0.05, 0.1) is 24.1 Å². The Kier molecular flexibility index (Phi) is 5.25. The van der Waals surface area contributed by atoms with Crippen molar-refractivity contribution in [3.05, 3.63) is 53.9 Å². The second-order valence-electron chi connectivity index (χ2n) is 4.42. The highest BCUT2D eigenvalue weighted by Gasteiger charge is 2.12. The summed E-state index contributed by atoms with van der Waals surface area (Å²) in [6, 6.07) is 9.24. The number of pyridine rings is 1. The quantitative estimate of drug-likeness (QED) is 0.556. The van der Waals surface area contributed by atoms with E-state index in [1.54, 1.807) is 19.4 Å². The van der Waals surface area contributed by atoms with E-state index in [2.05, 4.69) is 15.7 Å². The van der Waals surface area contributed by atoms with Crippen molar-refractivity contribution >= 4 is 17.3 Å². The second kappa shape index (κ2) is 7.37. The van der Waals surface area contributed by atoms with Crippen molar-refractivity contribution in [1.29, 1.82) is 0 Å². The maximum absolute atomic E-state index is 12.4. The largest absolute Gasteiger partial charge is 0.384 e. The standard InChI is InChI=1S/C15H18N4O2/c1-21-9-7-11-4-2-3-5-13(11)18-15(20)12-6-8-17-10-14(12)19-16/h2-6,8,10,19H,7,9,16H2,1H3,(H,18,20). The number of aromatic nitrogens is 1. The summed E-state index contributed by atoms with van der Waals surface area (Å²) in [7, 11) is 1.65. The Hall–Kier alpha value is -2.44. The lowest BCUT2D eigenvalue weighted by Gasteiger charge is -2.12. The van der Waals surface area contributed by atoms with Gasteiger partial charge in [0.15, 0.2) is 0 Å². The topological polar surface area (TPSA) is 89.3 Å². The van der Waals surface area contributed by atoms with Gasteiger partial charge in [-0.1, -0.05) is 18.2 Å². The number of rotatable bonds is 6. The number of nitrogen functional groups attached to an aromatic ring is 1. The first-order chi connectivity index (χ1) is 10.3. The van der Waals surface area contributed by atoms with Gasteiger partial charge >= 0.3 is 0 Å². The third-order valence-corrected chi connectivity index (χ3v) is 3.06. The van der Waals surface area contributed by atoms with E-state index in [1.165, 1.54) is 6.20 Å². The summed E-state index contributed by atoms with van der Waals surface area (Å²) in [5, 5.41) is 2.89. The van der Waals surface area contributed by atoms with Crippen molar-refractivity contribution < 1.29 is 9.53 Å². The van der Waals surface area contributed by atoms with Crippen LogP contribution in [-0.4, -0.2) is 24.6 Å². The number of nitrogens with two attached hydrogens (primary N) is 1. The minimum absolute atomic E-state index is 0.241. The predicted octanol–water partition coefficient (Wildman–Crippen LogP) is 1.81. The molecule has 2 aromatic rings. The molecule has 0 radical (unpaired) electrons. The van der Waals surface area contributed by atoms with Crippen LogP contribution in [0.2, 0.25) is 0 Å². The van der Waals surface area contributed by atoms with E-state index in [4.69, 9.17) is 10.6 Å². The van der Waals surface area contributed by atoms with Crippen LogP contribution in [0.15, 0.2) is 42.7 Å². The maximum atomic E-state index is 12.4. The van der Waals surface area contributed by atoms with Crippen LogP contribution in [-0.2, 0) is 11.2 Å². The van der Waals surface area contributed by atoms with Crippen molar-refractivity contribution in [2.75, 3.05) is 24.5 Å². The summed E-state index contributed by atoms with van der Waals surface area (Å²) in [6.45, 7) is 0.595. The molecule has 0 bridgehead atoms. The highest BCUT2D eigenvalue weighted by Crippen LogP contribution is 2.19. The zero-order valence-electron chi connectivity index (χ0n) is 11.8. The number of nitrogens with one attached hydrogen (secondary N) is 2. The molecule has 21 heavy (non-hydrogen) atoms. The third kappa shape index (κ3) is 3.77. The van der Waals surface area contributed by atoms with E-state index in [0.29, 0.717) is 17.9 Å². The van der Waals surface area contributed by atoms with Gasteiger partial charge in [-0.25, -0.2) is 0 Å². The zero-order chi connectivity index (χ0) is 15.1.